The molecule has 0 spiro atoms. The van der Waals surface area contributed by atoms with E-state index in [1.165, 1.54) is 12.8 Å². The second-order valence-corrected chi connectivity index (χ2v) is 9.21. The molecule has 1 aromatic heterocycles. The Morgan fingerprint density at radius 2 is 2.11 bits per heavy atom. The van der Waals surface area contributed by atoms with E-state index in [4.69, 9.17) is 4.52 Å². The Bertz CT molecular complexity index is 759. The number of hydrogen-bond donors (Lipinski definition) is 1. The van der Waals surface area contributed by atoms with Crippen LogP contribution in [0, 0.1) is 11.8 Å². The van der Waals surface area contributed by atoms with Gasteiger partial charge in [0.2, 0.25) is 11.8 Å². The van der Waals surface area contributed by atoms with E-state index in [-0.39, 0.29) is 17.9 Å². The molecule has 4 fully saturated rings. The summed E-state index contributed by atoms with van der Waals surface area (Å²) in [5.74, 6) is 2.81. The van der Waals surface area contributed by atoms with Gasteiger partial charge < -0.3 is 14.7 Å². The van der Waals surface area contributed by atoms with Crippen LogP contribution in [0.4, 0.5) is 0 Å². The summed E-state index contributed by atoms with van der Waals surface area (Å²) < 4.78 is 5.53. The Morgan fingerprint density at radius 1 is 1.29 bits per heavy atom. The zero-order valence-corrected chi connectivity index (χ0v) is 16.6. The van der Waals surface area contributed by atoms with Gasteiger partial charge in [-0.25, -0.2) is 0 Å². The van der Waals surface area contributed by atoms with Gasteiger partial charge in [0.15, 0.2) is 0 Å². The second-order valence-electron chi connectivity index (χ2n) is 9.21. The number of piperidine rings is 3. The molecule has 7 heteroatoms. The highest BCUT2D eigenvalue weighted by Crippen LogP contribution is 2.42. The molecule has 1 aliphatic carbocycles. The maximum Gasteiger partial charge on any atom is 0.223 e. The van der Waals surface area contributed by atoms with Crippen LogP contribution in [-0.4, -0.2) is 58.5 Å². The number of nitrogens with zero attached hydrogens (tertiary/aromatic N) is 3. The molecule has 1 N–H and O–H groups in total. The van der Waals surface area contributed by atoms with Gasteiger partial charge in [-0.3, -0.25) is 14.5 Å². The van der Waals surface area contributed by atoms with E-state index in [1.807, 2.05) is 0 Å². The predicted octanol–water partition coefficient (Wildman–Crippen LogP) is 1.89. The van der Waals surface area contributed by atoms with E-state index in [0.29, 0.717) is 36.8 Å². The minimum atomic E-state index is -0.0222. The standard InChI is InChI=1S/C21H30N4O3/c1-13(26)22-9-19-16-7-15(18-3-2-4-21(27)25(18)19)10-24(11-16)12-17-8-20(28-23-17)14-5-6-14/h8,14-16,18-19H,2-7,9-12H2,1H3,(H,22,26)/t15-,16+,18+,19+/m1/s1. The lowest BCUT2D eigenvalue weighted by Gasteiger charge is -2.56. The molecule has 1 saturated carbocycles. The molecule has 2 amide bonds. The van der Waals surface area contributed by atoms with Crippen molar-refractivity contribution >= 4 is 11.8 Å². The van der Waals surface area contributed by atoms with Gasteiger partial charge in [0.1, 0.15) is 5.76 Å². The summed E-state index contributed by atoms with van der Waals surface area (Å²) in [6.07, 6.45) is 6.32. The number of nitrogens with one attached hydrogen (secondary N) is 1. The molecule has 5 rings (SSSR count). The van der Waals surface area contributed by atoms with Gasteiger partial charge in [-0.1, -0.05) is 5.16 Å². The number of rotatable bonds is 5. The molecule has 0 aromatic carbocycles. The highest BCUT2D eigenvalue weighted by molar-refractivity contribution is 5.78. The van der Waals surface area contributed by atoms with Crippen LogP contribution in [0.2, 0.25) is 0 Å². The van der Waals surface area contributed by atoms with Crippen molar-refractivity contribution in [1.29, 1.82) is 0 Å². The molecule has 7 nitrogen and oxygen atoms in total. The van der Waals surface area contributed by atoms with Crippen molar-refractivity contribution in [2.45, 2.75) is 70.0 Å². The number of aromatic nitrogens is 1. The Kier molecular flexibility index (Phi) is 4.65. The summed E-state index contributed by atoms with van der Waals surface area (Å²) in [7, 11) is 0. The van der Waals surface area contributed by atoms with E-state index in [1.54, 1.807) is 6.92 Å². The molecule has 0 unspecified atom stereocenters. The van der Waals surface area contributed by atoms with Crippen molar-refractivity contribution in [2.24, 2.45) is 11.8 Å². The molecule has 4 aliphatic rings. The minimum absolute atomic E-state index is 0.0222. The highest BCUT2D eigenvalue weighted by atomic mass is 16.5. The quantitative estimate of drug-likeness (QED) is 0.836. The topological polar surface area (TPSA) is 78.7 Å². The molecular formula is C21H30N4O3. The van der Waals surface area contributed by atoms with Gasteiger partial charge in [-0.15, -0.1) is 0 Å². The number of hydrogen-bond acceptors (Lipinski definition) is 5. The first kappa shape index (κ1) is 18.2. The van der Waals surface area contributed by atoms with Crippen molar-refractivity contribution in [3.05, 3.63) is 17.5 Å². The predicted molar refractivity (Wildman–Crippen MR) is 102 cm³/mol. The summed E-state index contributed by atoms with van der Waals surface area (Å²) in [5, 5.41) is 7.28. The van der Waals surface area contributed by atoms with E-state index < -0.39 is 0 Å². The van der Waals surface area contributed by atoms with Gasteiger partial charge in [-0.2, -0.15) is 0 Å². The van der Waals surface area contributed by atoms with E-state index in [9.17, 15) is 9.59 Å². The second kappa shape index (κ2) is 7.17. The molecule has 2 bridgehead atoms. The largest absolute Gasteiger partial charge is 0.361 e. The minimum Gasteiger partial charge on any atom is -0.361 e. The maximum atomic E-state index is 12.7. The van der Waals surface area contributed by atoms with Crippen LogP contribution < -0.4 is 5.32 Å². The summed E-state index contributed by atoms with van der Waals surface area (Å²) in [6.45, 7) is 4.90. The van der Waals surface area contributed by atoms with Gasteiger partial charge in [0.25, 0.3) is 0 Å². The summed E-state index contributed by atoms with van der Waals surface area (Å²) in [5.41, 5.74) is 1.02. The third kappa shape index (κ3) is 3.45. The van der Waals surface area contributed by atoms with Crippen LogP contribution in [0.5, 0.6) is 0 Å². The first-order valence-corrected chi connectivity index (χ1v) is 10.8. The van der Waals surface area contributed by atoms with Gasteiger partial charge in [-0.05, 0) is 43.9 Å². The van der Waals surface area contributed by atoms with Crippen LogP contribution in [0.1, 0.15) is 62.8 Å². The summed E-state index contributed by atoms with van der Waals surface area (Å²) in [6, 6.07) is 2.56. The molecule has 1 aromatic rings. The van der Waals surface area contributed by atoms with Gasteiger partial charge in [0, 0.05) is 57.5 Å². The van der Waals surface area contributed by atoms with Crippen molar-refractivity contribution in [2.75, 3.05) is 19.6 Å². The van der Waals surface area contributed by atoms with Crippen molar-refractivity contribution < 1.29 is 14.1 Å². The zero-order valence-electron chi connectivity index (χ0n) is 16.6. The van der Waals surface area contributed by atoms with Crippen LogP contribution in [0.3, 0.4) is 0 Å². The number of fused-ring (bicyclic) bond motifs is 4. The molecule has 152 valence electrons. The molecule has 0 radical (unpaired) electrons. The number of amides is 2. The number of carbonyl (C=O) groups excluding carboxylic acids is 2. The smallest absolute Gasteiger partial charge is 0.223 e. The van der Waals surface area contributed by atoms with Crippen LogP contribution in [0.25, 0.3) is 0 Å². The highest BCUT2D eigenvalue weighted by Gasteiger charge is 2.49. The van der Waals surface area contributed by atoms with Crippen LogP contribution in [0.15, 0.2) is 10.6 Å². The van der Waals surface area contributed by atoms with Crippen LogP contribution >= 0.6 is 0 Å². The average molecular weight is 386 g/mol. The number of likely N-dealkylation sites (tertiary alicyclic amines) is 1. The lowest BCUT2D eigenvalue weighted by Crippen LogP contribution is -2.66. The summed E-state index contributed by atoms with van der Waals surface area (Å²) in [4.78, 5) is 28.9. The van der Waals surface area contributed by atoms with Crippen molar-refractivity contribution in [3.8, 4) is 0 Å². The lowest BCUT2D eigenvalue weighted by atomic mass is 9.72. The Morgan fingerprint density at radius 3 is 2.89 bits per heavy atom. The molecule has 4 atom stereocenters. The average Bonchev–Trinajstić information content (AvgIpc) is 3.41. The maximum absolute atomic E-state index is 12.7. The Balaban J connectivity index is 1.33. The molecule has 3 aliphatic heterocycles. The van der Waals surface area contributed by atoms with E-state index in [2.05, 4.69) is 26.3 Å². The summed E-state index contributed by atoms with van der Waals surface area (Å²) >= 11 is 0. The fraction of sp³-hybridized carbons (Fsp3) is 0.762. The first-order valence-electron chi connectivity index (χ1n) is 10.8. The first-order chi connectivity index (χ1) is 13.6. The third-order valence-electron chi connectivity index (χ3n) is 7.07. The molecule has 3 saturated heterocycles. The third-order valence-corrected chi connectivity index (χ3v) is 7.07. The molecule has 28 heavy (non-hydrogen) atoms. The van der Waals surface area contributed by atoms with Crippen molar-refractivity contribution in [1.82, 2.24) is 20.3 Å². The van der Waals surface area contributed by atoms with E-state index >= 15 is 0 Å². The SMILES string of the molecule is CC(=O)NC[C@H]1[C@H]2C[C@H](CN(Cc3cc(C4CC4)on3)C2)[C@@H]2CCCC(=O)N21. The van der Waals surface area contributed by atoms with Gasteiger partial charge in [0.05, 0.1) is 11.7 Å². The Hall–Kier alpha value is -1.89. The number of carbonyl (C=O) groups is 2. The lowest BCUT2D eigenvalue weighted by molar-refractivity contribution is -0.153. The fourth-order valence-corrected chi connectivity index (χ4v) is 5.70. The Labute approximate surface area is 165 Å². The molecule has 4 heterocycles. The monoisotopic (exact) mass is 386 g/mol. The van der Waals surface area contributed by atoms with Gasteiger partial charge >= 0.3 is 0 Å². The zero-order chi connectivity index (χ0) is 19.3. The normalized spacial score (nSPS) is 32.9. The van der Waals surface area contributed by atoms with E-state index in [0.717, 1.165) is 50.4 Å². The van der Waals surface area contributed by atoms with Crippen molar-refractivity contribution in [3.63, 3.8) is 0 Å². The molecular weight excluding hydrogens is 356 g/mol. The fourth-order valence-electron chi connectivity index (χ4n) is 5.70. The van der Waals surface area contributed by atoms with Crippen LogP contribution in [-0.2, 0) is 16.1 Å².